The van der Waals surface area contributed by atoms with Crippen molar-refractivity contribution in [3.8, 4) is 23.1 Å². The summed E-state index contributed by atoms with van der Waals surface area (Å²) in [4.78, 5) is 8.26. The van der Waals surface area contributed by atoms with Gasteiger partial charge in [0, 0.05) is 18.0 Å². The van der Waals surface area contributed by atoms with Crippen LogP contribution in [-0.2, 0) is 0 Å². The van der Waals surface area contributed by atoms with Crippen LogP contribution >= 0.6 is 0 Å². The van der Waals surface area contributed by atoms with Gasteiger partial charge in [-0.3, -0.25) is 9.67 Å². The molecule has 0 unspecified atom stereocenters. The molecule has 3 rings (SSSR count). The van der Waals surface area contributed by atoms with Crippen molar-refractivity contribution in [2.75, 3.05) is 0 Å². The van der Waals surface area contributed by atoms with E-state index in [0.29, 0.717) is 11.8 Å². The van der Waals surface area contributed by atoms with Crippen molar-refractivity contribution >= 4 is 0 Å². The van der Waals surface area contributed by atoms with Crippen molar-refractivity contribution < 1.29 is 5.11 Å². The summed E-state index contributed by atoms with van der Waals surface area (Å²) in [5.41, 5.74) is 0.863. The molecule has 0 bridgehead atoms. The Morgan fingerprint density at radius 2 is 2.00 bits per heavy atom. The second-order valence-corrected chi connectivity index (χ2v) is 3.50. The maximum atomic E-state index is 9.20. The Bertz CT molecular complexity index is 612. The molecule has 2 N–H and O–H groups in total. The standard InChI is InChI=1S/C11H9N5O/c17-9-3-1-8(2-4-9)10-13-11(15-14-10)16-6-5-12-7-16/h1-7,17H,(H,13,14,15). The zero-order valence-electron chi connectivity index (χ0n) is 8.78. The highest BCUT2D eigenvalue weighted by Crippen LogP contribution is 2.18. The molecule has 0 radical (unpaired) electrons. The van der Waals surface area contributed by atoms with Gasteiger partial charge in [0.25, 0.3) is 5.95 Å². The number of hydrogen-bond donors (Lipinski definition) is 2. The minimum Gasteiger partial charge on any atom is -0.508 e. The summed E-state index contributed by atoms with van der Waals surface area (Å²) in [6, 6.07) is 6.75. The van der Waals surface area contributed by atoms with Crippen LogP contribution in [0.1, 0.15) is 0 Å². The fourth-order valence-corrected chi connectivity index (χ4v) is 1.49. The van der Waals surface area contributed by atoms with Crippen molar-refractivity contribution in [2.24, 2.45) is 0 Å². The van der Waals surface area contributed by atoms with E-state index in [0.717, 1.165) is 5.56 Å². The van der Waals surface area contributed by atoms with Crippen molar-refractivity contribution in [3.05, 3.63) is 43.0 Å². The van der Waals surface area contributed by atoms with E-state index >= 15 is 0 Å². The second kappa shape index (κ2) is 3.75. The third-order valence-corrected chi connectivity index (χ3v) is 2.35. The number of imidazole rings is 1. The number of H-pyrrole nitrogens is 1. The molecule has 0 spiro atoms. The lowest BCUT2D eigenvalue weighted by Crippen LogP contribution is -1.92. The lowest BCUT2D eigenvalue weighted by Gasteiger charge is -1.95. The van der Waals surface area contributed by atoms with Crippen LogP contribution in [-0.4, -0.2) is 29.8 Å². The van der Waals surface area contributed by atoms with E-state index in [9.17, 15) is 5.11 Å². The van der Waals surface area contributed by atoms with Crippen LogP contribution in [0.25, 0.3) is 17.3 Å². The van der Waals surface area contributed by atoms with Gasteiger partial charge in [-0.2, -0.15) is 4.98 Å². The quantitative estimate of drug-likeness (QED) is 0.692. The van der Waals surface area contributed by atoms with Gasteiger partial charge in [0.2, 0.25) is 0 Å². The number of phenols is 1. The predicted molar refractivity (Wildman–Crippen MR) is 60.6 cm³/mol. The molecule has 0 aliphatic heterocycles. The van der Waals surface area contributed by atoms with Crippen LogP contribution in [0.4, 0.5) is 0 Å². The Labute approximate surface area is 96.6 Å². The fourth-order valence-electron chi connectivity index (χ4n) is 1.49. The Balaban J connectivity index is 1.98. The zero-order valence-corrected chi connectivity index (χ0v) is 8.78. The first-order chi connectivity index (χ1) is 8.33. The summed E-state index contributed by atoms with van der Waals surface area (Å²) in [6.45, 7) is 0. The maximum absolute atomic E-state index is 9.20. The first-order valence-corrected chi connectivity index (χ1v) is 5.03. The smallest absolute Gasteiger partial charge is 0.254 e. The van der Waals surface area contributed by atoms with Gasteiger partial charge in [-0.15, -0.1) is 5.10 Å². The largest absolute Gasteiger partial charge is 0.508 e. The second-order valence-electron chi connectivity index (χ2n) is 3.50. The Morgan fingerprint density at radius 3 is 2.71 bits per heavy atom. The number of phenolic OH excluding ortho intramolecular Hbond substituents is 1. The van der Waals surface area contributed by atoms with E-state index in [1.165, 1.54) is 0 Å². The number of aromatic hydroxyl groups is 1. The lowest BCUT2D eigenvalue weighted by atomic mass is 10.2. The third-order valence-electron chi connectivity index (χ3n) is 2.35. The molecule has 84 valence electrons. The van der Waals surface area contributed by atoms with Crippen LogP contribution in [0.3, 0.4) is 0 Å². The number of hydrogen-bond acceptors (Lipinski definition) is 4. The van der Waals surface area contributed by atoms with Gasteiger partial charge in [0.05, 0.1) is 0 Å². The first-order valence-electron chi connectivity index (χ1n) is 5.03. The van der Waals surface area contributed by atoms with Crippen LogP contribution in [0, 0.1) is 0 Å². The van der Waals surface area contributed by atoms with Crippen LogP contribution < -0.4 is 0 Å². The number of aromatic nitrogens is 5. The molecule has 6 nitrogen and oxygen atoms in total. The van der Waals surface area contributed by atoms with E-state index in [1.807, 2.05) is 0 Å². The van der Waals surface area contributed by atoms with Crippen molar-refractivity contribution in [1.82, 2.24) is 24.7 Å². The average molecular weight is 227 g/mol. The predicted octanol–water partition coefficient (Wildman–Crippen LogP) is 1.36. The Kier molecular flexibility index (Phi) is 2.11. The molecular weight excluding hydrogens is 218 g/mol. The molecule has 1 aromatic carbocycles. The molecule has 0 saturated carbocycles. The minimum atomic E-state index is 0.225. The summed E-state index contributed by atoms with van der Waals surface area (Å²) >= 11 is 0. The van der Waals surface area contributed by atoms with Crippen LogP contribution in [0.2, 0.25) is 0 Å². The molecule has 3 aromatic rings. The molecule has 0 atom stereocenters. The lowest BCUT2D eigenvalue weighted by molar-refractivity contribution is 0.475. The van der Waals surface area contributed by atoms with E-state index in [1.54, 1.807) is 47.6 Å². The molecule has 17 heavy (non-hydrogen) atoms. The van der Waals surface area contributed by atoms with E-state index < -0.39 is 0 Å². The van der Waals surface area contributed by atoms with Gasteiger partial charge in [-0.1, -0.05) is 0 Å². The fraction of sp³-hybridized carbons (Fsp3) is 0. The number of benzene rings is 1. The van der Waals surface area contributed by atoms with Crippen LogP contribution in [0.5, 0.6) is 5.75 Å². The number of rotatable bonds is 2. The molecule has 6 heteroatoms. The third kappa shape index (κ3) is 1.76. The van der Waals surface area contributed by atoms with Crippen molar-refractivity contribution in [1.29, 1.82) is 0 Å². The van der Waals surface area contributed by atoms with Gasteiger partial charge < -0.3 is 5.11 Å². The van der Waals surface area contributed by atoms with E-state index in [2.05, 4.69) is 20.2 Å². The molecule has 0 amide bonds. The summed E-state index contributed by atoms with van der Waals surface area (Å²) in [5, 5.41) is 16.1. The van der Waals surface area contributed by atoms with Gasteiger partial charge >= 0.3 is 0 Å². The highest BCUT2D eigenvalue weighted by Gasteiger charge is 2.06. The van der Waals surface area contributed by atoms with Gasteiger partial charge in [-0.25, -0.2) is 4.98 Å². The number of aromatic amines is 1. The SMILES string of the molecule is Oc1ccc(-c2nc(-n3ccnc3)n[nH]2)cc1. The number of nitrogens with one attached hydrogen (secondary N) is 1. The first kappa shape index (κ1) is 9.59. The molecule has 0 saturated heterocycles. The number of nitrogens with zero attached hydrogens (tertiary/aromatic N) is 4. The maximum Gasteiger partial charge on any atom is 0.254 e. The van der Waals surface area contributed by atoms with Gasteiger partial charge in [0.1, 0.15) is 12.1 Å². The molecule has 0 aliphatic carbocycles. The molecular formula is C11H9N5O. The van der Waals surface area contributed by atoms with Crippen LogP contribution in [0.15, 0.2) is 43.0 Å². The summed E-state index contributed by atoms with van der Waals surface area (Å²) < 4.78 is 1.71. The minimum absolute atomic E-state index is 0.225. The van der Waals surface area contributed by atoms with Gasteiger partial charge in [-0.05, 0) is 24.3 Å². The van der Waals surface area contributed by atoms with Gasteiger partial charge in [0.15, 0.2) is 5.82 Å². The van der Waals surface area contributed by atoms with Crippen molar-refractivity contribution in [3.63, 3.8) is 0 Å². The normalized spacial score (nSPS) is 10.6. The molecule has 0 fully saturated rings. The summed E-state index contributed by atoms with van der Waals surface area (Å²) in [5.74, 6) is 1.40. The summed E-state index contributed by atoms with van der Waals surface area (Å²) in [6.07, 6.45) is 5.06. The van der Waals surface area contributed by atoms with E-state index in [4.69, 9.17) is 0 Å². The molecule has 2 aromatic heterocycles. The monoisotopic (exact) mass is 227 g/mol. The Morgan fingerprint density at radius 1 is 1.18 bits per heavy atom. The van der Waals surface area contributed by atoms with Crippen molar-refractivity contribution in [2.45, 2.75) is 0 Å². The topological polar surface area (TPSA) is 79.6 Å². The summed E-state index contributed by atoms with van der Waals surface area (Å²) in [7, 11) is 0. The Hall–Kier alpha value is -2.63. The highest BCUT2D eigenvalue weighted by atomic mass is 16.3. The van der Waals surface area contributed by atoms with E-state index in [-0.39, 0.29) is 5.75 Å². The highest BCUT2D eigenvalue weighted by molar-refractivity contribution is 5.56. The molecule has 2 heterocycles. The zero-order chi connectivity index (χ0) is 11.7. The average Bonchev–Trinajstić information content (AvgIpc) is 3.00. The molecule has 0 aliphatic rings.